The molecule has 0 unspecified atom stereocenters. The first-order valence-electron chi connectivity index (χ1n) is 4.59. The standard InChI is InChI=1S/C9H12N2O3/c1-6-4-9(11-14-6)13-5-8(12)10-7-2-3-7/h4,7H,2-3,5H2,1H3,(H,10,12). The topological polar surface area (TPSA) is 64.4 Å². The van der Waals surface area contributed by atoms with Crippen molar-refractivity contribution in [1.29, 1.82) is 0 Å². The maximum atomic E-state index is 11.2. The highest BCUT2D eigenvalue weighted by molar-refractivity contribution is 5.78. The summed E-state index contributed by atoms with van der Waals surface area (Å²) >= 11 is 0. The first-order valence-corrected chi connectivity index (χ1v) is 4.59. The number of nitrogens with one attached hydrogen (secondary N) is 1. The summed E-state index contributed by atoms with van der Waals surface area (Å²) in [4.78, 5) is 11.2. The molecule has 5 nitrogen and oxygen atoms in total. The Morgan fingerprint density at radius 2 is 2.57 bits per heavy atom. The van der Waals surface area contributed by atoms with Crippen molar-refractivity contribution >= 4 is 5.91 Å². The summed E-state index contributed by atoms with van der Waals surface area (Å²) in [6.45, 7) is 1.77. The molecule has 1 aliphatic rings. The molecule has 1 fully saturated rings. The summed E-state index contributed by atoms with van der Waals surface area (Å²) in [5.74, 6) is 0.921. The van der Waals surface area contributed by atoms with Crippen LogP contribution in [-0.2, 0) is 4.79 Å². The maximum absolute atomic E-state index is 11.2. The van der Waals surface area contributed by atoms with Crippen LogP contribution in [0.25, 0.3) is 0 Å². The van der Waals surface area contributed by atoms with E-state index in [2.05, 4.69) is 10.5 Å². The van der Waals surface area contributed by atoms with Crippen LogP contribution >= 0.6 is 0 Å². The monoisotopic (exact) mass is 196 g/mol. The van der Waals surface area contributed by atoms with E-state index in [-0.39, 0.29) is 12.5 Å². The number of carbonyl (C=O) groups is 1. The number of carbonyl (C=O) groups excluding carboxylic acids is 1. The second kappa shape index (κ2) is 3.69. The van der Waals surface area contributed by atoms with E-state index < -0.39 is 0 Å². The van der Waals surface area contributed by atoms with Crippen LogP contribution in [0, 0.1) is 6.92 Å². The normalized spacial score (nSPS) is 15.2. The van der Waals surface area contributed by atoms with Crippen molar-refractivity contribution in [3.8, 4) is 5.88 Å². The summed E-state index contributed by atoms with van der Waals surface area (Å²) in [5, 5.41) is 6.41. The molecule has 76 valence electrons. The molecule has 0 aliphatic heterocycles. The molecule has 0 aromatic carbocycles. The molecule has 0 bridgehead atoms. The quantitative estimate of drug-likeness (QED) is 0.767. The van der Waals surface area contributed by atoms with Crippen LogP contribution in [0.4, 0.5) is 0 Å². The number of ether oxygens (including phenoxy) is 1. The van der Waals surface area contributed by atoms with Crippen LogP contribution < -0.4 is 10.1 Å². The van der Waals surface area contributed by atoms with Crippen LogP contribution in [0.5, 0.6) is 5.88 Å². The zero-order valence-electron chi connectivity index (χ0n) is 7.95. The van der Waals surface area contributed by atoms with Crippen molar-refractivity contribution in [3.63, 3.8) is 0 Å². The second-order valence-electron chi connectivity index (χ2n) is 3.41. The lowest BCUT2D eigenvalue weighted by Gasteiger charge is -2.02. The molecule has 5 heteroatoms. The average Bonchev–Trinajstić information content (AvgIpc) is 2.85. The minimum atomic E-state index is -0.104. The van der Waals surface area contributed by atoms with E-state index in [4.69, 9.17) is 9.26 Å². The lowest BCUT2D eigenvalue weighted by Crippen LogP contribution is -2.30. The van der Waals surface area contributed by atoms with Gasteiger partial charge in [-0.1, -0.05) is 0 Å². The van der Waals surface area contributed by atoms with E-state index in [0.29, 0.717) is 17.7 Å². The van der Waals surface area contributed by atoms with E-state index in [9.17, 15) is 4.79 Å². The fourth-order valence-electron chi connectivity index (χ4n) is 1.05. The van der Waals surface area contributed by atoms with Crippen molar-refractivity contribution in [2.45, 2.75) is 25.8 Å². The second-order valence-corrected chi connectivity index (χ2v) is 3.41. The third-order valence-electron chi connectivity index (χ3n) is 1.90. The number of hydrogen-bond donors (Lipinski definition) is 1. The molecule has 1 N–H and O–H groups in total. The van der Waals surface area contributed by atoms with Crippen molar-refractivity contribution in [2.24, 2.45) is 0 Å². The van der Waals surface area contributed by atoms with Gasteiger partial charge in [0, 0.05) is 12.1 Å². The first-order chi connectivity index (χ1) is 6.74. The Balaban J connectivity index is 1.73. The predicted molar refractivity (Wildman–Crippen MR) is 47.9 cm³/mol. The number of aryl methyl sites for hydroxylation is 1. The van der Waals surface area contributed by atoms with E-state index in [0.717, 1.165) is 12.8 Å². The van der Waals surface area contributed by atoms with Gasteiger partial charge in [-0.15, -0.1) is 0 Å². The van der Waals surface area contributed by atoms with E-state index in [1.165, 1.54) is 0 Å². The summed E-state index contributed by atoms with van der Waals surface area (Å²) < 4.78 is 9.88. The summed E-state index contributed by atoms with van der Waals surface area (Å²) in [6.07, 6.45) is 2.16. The van der Waals surface area contributed by atoms with Gasteiger partial charge < -0.3 is 14.6 Å². The molecular formula is C9H12N2O3. The van der Waals surface area contributed by atoms with Crippen molar-refractivity contribution in [1.82, 2.24) is 10.5 Å². The van der Waals surface area contributed by atoms with Gasteiger partial charge in [-0.2, -0.15) is 0 Å². The Morgan fingerprint density at radius 1 is 1.79 bits per heavy atom. The Labute approximate surface area is 81.4 Å². The van der Waals surface area contributed by atoms with Gasteiger partial charge in [0.05, 0.1) is 0 Å². The molecule has 0 saturated heterocycles. The van der Waals surface area contributed by atoms with Gasteiger partial charge in [-0.25, -0.2) is 0 Å². The molecule has 0 spiro atoms. The first kappa shape index (κ1) is 9.05. The Kier molecular flexibility index (Phi) is 2.39. The number of aromatic nitrogens is 1. The van der Waals surface area contributed by atoms with Gasteiger partial charge in [-0.05, 0) is 24.9 Å². The lowest BCUT2D eigenvalue weighted by atomic mass is 10.5. The molecule has 1 heterocycles. The highest BCUT2D eigenvalue weighted by Gasteiger charge is 2.23. The summed E-state index contributed by atoms with van der Waals surface area (Å²) in [6, 6.07) is 2.01. The van der Waals surface area contributed by atoms with Crippen molar-refractivity contribution in [3.05, 3.63) is 11.8 Å². The number of amides is 1. The smallest absolute Gasteiger partial charge is 0.258 e. The highest BCUT2D eigenvalue weighted by Crippen LogP contribution is 2.18. The lowest BCUT2D eigenvalue weighted by molar-refractivity contribution is -0.123. The highest BCUT2D eigenvalue weighted by atomic mass is 16.5. The summed E-state index contributed by atoms with van der Waals surface area (Å²) in [5.41, 5.74) is 0. The number of rotatable bonds is 4. The van der Waals surface area contributed by atoms with Crippen molar-refractivity contribution < 1.29 is 14.1 Å². The number of nitrogens with zero attached hydrogens (tertiary/aromatic N) is 1. The predicted octanol–water partition coefficient (Wildman–Crippen LogP) is 0.640. The molecule has 0 radical (unpaired) electrons. The van der Waals surface area contributed by atoms with Crippen LogP contribution in [0.3, 0.4) is 0 Å². The van der Waals surface area contributed by atoms with Crippen LogP contribution in [0.2, 0.25) is 0 Å². The SMILES string of the molecule is Cc1cc(OCC(=O)NC2CC2)no1. The zero-order valence-corrected chi connectivity index (χ0v) is 7.95. The molecule has 1 amide bonds. The largest absolute Gasteiger partial charge is 0.465 e. The van der Waals surface area contributed by atoms with Crippen LogP contribution in [-0.4, -0.2) is 23.7 Å². The molecule has 1 aliphatic carbocycles. The van der Waals surface area contributed by atoms with Gasteiger partial charge in [0.15, 0.2) is 6.61 Å². The Hall–Kier alpha value is -1.52. The third kappa shape index (κ3) is 2.48. The molecule has 1 saturated carbocycles. The molecule has 0 atom stereocenters. The van der Waals surface area contributed by atoms with E-state index >= 15 is 0 Å². The molecular weight excluding hydrogens is 184 g/mol. The molecule has 2 rings (SSSR count). The average molecular weight is 196 g/mol. The van der Waals surface area contributed by atoms with E-state index in [1.54, 1.807) is 13.0 Å². The third-order valence-corrected chi connectivity index (χ3v) is 1.90. The fraction of sp³-hybridized carbons (Fsp3) is 0.556. The minimum absolute atomic E-state index is 0.00245. The van der Waals surface area contributed by atoms with Gasteiger partial charge in [0.2, 0.25) is 0 Å². The fourth-order valence-corrected chi connectivity index (χ4v) is 1.05. The van der Waals surface area contributed by atoms with Gasteiger partial charge >= 0.3 is 0 Å². The Bertz CT molecular complexity index is 331. The van der Waals surface area contributed by atoms with Crippen molar-refractivity contribution in [2.75, 3.05) is 6.61 Å². The summed E-state index contributed by atoms with van der Waals surface area (Å²) in [7, 11) is 0. The molecule has 14 heavy (non-hydrogen) atoms. The maximum Gasteiger partial charge on any atom is 0.258 e. The zero-order chi connectivity index (χ0) is 9.97. The van der Waals surface area contributed by atoms with Crippen LogP contribution in [0.1, 0.15) is 18.6 Å². The molecule has 1 aromatic rings. The van der Waals surface area contributed by atoms with E-state index in [1.807, 2.05) is 0 Å². The van der Waals surface area contributed by atoms with Gasteiger partial charge in [0.25, 0.3) is 11.8 Å². The van der Waals surface area contributed by atoms with Crippen LogP contribution in [0.15, 0.2) is 10.6 Å². The van der Waals surface area contributed by atoms with Gasteiger partial charge in [0.1, 0.15) is 5.76 Å². The Morgan fingerprint density at radius 3 is 3.14 bits per heavy atom. The number of hydrogen-bond acceptors (Lipinski definition) is 4. The van der Waals surface area contributed by atoms with Gasteiger partial charge in [-0.3, -0.25) is 4.79 Å². The minimum Gasteiger partial charge on any atom is -0.465 e. The molecule has 1 aromatic heterocycles.